The van der Waals surface area contributed by atoms with E-state index in [0.29, 0.717) is 34.7 Å². The molecule has 8 heteroatoms. The van der Waals surface area contributed by atoms with Gasteiger partial charge in [-0.1, -0.05) is 0 Å². The van der Waals surface area contributed by atoms with Crippen LogP contribution in [0.1, 0.15) is 10.4 Å². The van der Waals surface area contributed by atoms with Crippen LogP contribution in [0.3, 0.4) is 0 Å². The summed E-state index contributed by atoms with van der Waals surface area (Å²) in [6.45, 7) is 1.39. The molecule has 0 saturated heterocycles. The lowest BCUT2D eigenvalue weighted by atomic mass is 10.2. The Hall–Kier alpha value is -3.42. The molecule has 0 fully saturated rings. The van der Waals surface area contributed by atoms with Gasteiger partial charge < -0.3 is 14.8 Å². The van der Waals surface area contributed by atoms with Crippen molar-refractivity contribution in [2.45, 2.75) is 6.54 Å². The van der Waals surface area contributed by atoms with Gasteiger partial charge in [0.25, 0.3) is 5.91 Å². The first-order chi connectivity index (χ1) is 12.7. The van der Waals surface area contributed by atoms with Gasteiger partial charge >= 0.3 is 0 Å². The van der Waals surface area contributed by atoms with Crippen LogP contribution in [0.4, 0.5) is 5.82 Å². The van der Waals surface area contributed by atoms with Crippen LogP contribution >= 0.6 is 0 Å². The second-order valence-electron chi connectivity index (χ2n) is 5.72. The number of hydrogen-bond acceptors (Lipinski definition) is 6. The van der Waals surface area contributed by atoms with Crippen LogP contribution < -0.4 is 20.4 Å². The highest BCUT2D eigenvalue weighted by Crippen LogP contribution is 2.33. The molecule has 1 aliphatic rings. The second-order valence-corrected chi connectivity index (χ2v) is 5.72. The number of methoxy groups -OCH3 is 2. The third-order valence-corrected chi connectivity index (χ3v) is 4.22. The van der Waals surface area contributed by atoms with Gasteiger partial charge in [-0.15, -0.1) is 0 Å². The van der Waals surface area contributed by atoms with E-state index in [4.69, 9.17) is 9.47 Å². The third-order valence-electron chi connectivity index (χ3n) is 4.22. The maximum atomic E-state index is 12.5. The summed E-state index contributed by atoms with van der Waals surface area (Å²) in [6.07, 6.45) is 3.10. The van der Waals surface area contributed by atoms with E-state index in [2.05, 4.69) is 20.3 Å². The highest BCUT2D eigenvalue weighted by atomic mass is 16.5. The molecule has 1 aliphatic heterocycles. The van der Waals surface area contributed by atoms with Crippen LogP contribution in [0.2, 0.25) is 0 Å². The minimum Gasteiger partial charge on any atom is -0.497 e. The number of rotatable bonds is 3. The highest BCUT2D eigenvalue weighted by Gasteiger charge is 2.19. The third kappa shape index (κ3) is 2.65. The summed E-state index contributed by atoms with van der Waals surface area (Å²) < 4.78 is 12.7. The van der Waals surface area contributed by atoms with Gasteiger partial charge in [-0.05, 0) is 18.2 Å². The van der Waals surface area contributed by atoms with E-state index in [-0.39, 0.29) is 5.91 Å². The molecule has 3 aromatic rings. The standard InChI is InChI=1S/C18H17N5O3/c1-25-12-8-13-15(14(9-12)26-2)21-18(23-7-6-20-16(13)23)22-17(24)11-4-3-5-19-10-11/h3-5,8-10,20H,6-7H2,1-2H3. The molecule has 1 amide bonds. The molecule has 4 rings (SSSR count). The van der Waals surface area contributed by atoms with Crippen molar-refractivity contribution in [3.8, 4) is 11.5 Å². The number of pyridine rings is 1. The van der Waals surface area contributed by atoms with Crippen LogP contribution in [0, 0.1) is 0 Å². The van der Waals surface area contributed by atoms with Gasteiger partial charge in [0.1, 0.15) is 22.8 Å². The van der Waals surface area contributed by atoms with E-state index >= 15 is 0 Å². The number of fused-ring (bicyclic) bond motifs is 3. The molecule has 8 nitrogen and oxygen atoms in total. The van der Waals surface area contributed by atoms with Crippen molar-refractivity contribution in [2.75, 3.05) is 26.1 Å². The van der Waals surface area contributed by atoms with E-state index in [9.17, 15) is 4.79 Å². The number of amides is 1. The predicted octanol–water partition coefficient (Wildman–Crippen LogP) is 1.62. The van der Waals surface area contributed by atoms with Crippen LogP contribution in [-0.4, -0.2) is 41.2 Å². The van der Waals surface area contributed by atoms with E-state index in [1.54, 1.807) is 38.6 Å². The number of benzene rings is 1. The Morgan fingerprint density at radius 1 is 1.31 bits per heavy atom. The second kappa shape index (κ2) is 6.47. The number of aromatic nitrogens is 3. The van der Waals surface area contributed by atoms with Gasteiger partial charge in [0.05, 0.1) is 19.8 Å². The molecular weight excluding hydrogens is 334 g/mol. The highest BCUT2D eigenvalue weighted by molar-refractivity contribution is 5.96. The summed E-state index contributed by atoms with van der Waals surface area (Å²) in [4.78, 5) is 25.2. The zero-order valence-electron chi connectivity index (χ0n) is 14.4. The molecule has 0 aliphatic carbocycles. The summed E-state index contributed by atoms with van der Waals surface area (Å²) in [5.74, 6) is 1.68. The number of hydrogen-bond donors (Lipinski definition) is 1. The summed E-state index contributed by atoms with van der Waals surface area (Å²) in [5.41, 5.74) is 1.36. The molecular formula is C18H17N5O3. The maximum absolute atomic E-state index is 12.5. The van der Waals surface area contributed by atoms with Crippen molar-refractivity contribution < 1.29 is 14.3 Å². The van der Waals surface area contributed by atoms with E-state index in [0.717, 1.165) is 17.7 Å². The molecule has 1 aromatic carbocycles. The zero-order chi connectivity index (χ0) is 18.1. The first kappa shape index (κ1) is 16.1. The van der Waals surface area contributed by atoms with Gasteiger partial charge in [0, 0.05) is 36.9 Å². The van der Waals surface area contributed by atoms with Crippen LogP contribution in [0.15, 0.2) is 41.7 Å². The quantitative estimate of drug-likeness (QED) is 0.771. The molecule has 1 N–H and O–H groups in total. The SMILES string of the molecule is COc1cc(OC)c2nc(=NC(=O)c3cccnc3)n3c(c2c1)NCC3. The maximum Gasteiger partial charge on any atom is 0.281 e. The van der Waals surface area contributed by atoms with Crippen molar-refractivity contribution in [3.63, 3.8) is 0 Å². The number of nitrogens with one attached hydrogen (secondary N) is 1. The average molecular weight is 351 g/mol. The predicted molar refractivity (Wildman–Crippen MR) is 95.5 cm³/mol. The van der Waals surface area contributed by atoms with Crippen molar-refractivity contribution in [2.24, 2.45) is 4.99 Å². The normalized spacial score (nSPS) is 13.4. The van der Waals surface area contributed by atoms with E-state index in [1.807, 2.05) is 10.6 Å². The Morgan fingerprint density at radius 3 is 2.92 bits per heavy atom. The molecule has 0 atom stereocenters. The lowest BCUT2D eigenvalue weighted by molar-refractivity contribution is 0.0996. The van der Waals surface area contributed by atoms with Crippen molar-refractivity contribution in [1.29, 1.82) is 0 Å². The Labute approximate surface area is 149 Å². The number of carbonyl (C=O) groups excluding carboxylic acids is 1. The molecule has 0 unspecified atom stereocenters. The van der Waals surface area contributed by atoms with Crippen molar-refractivity contribution >= 4 is 22.6 Å². The minimum absolute atomic E-state index is 0.329. The number of carbonyl (C=O) groups is 1. The fourth-order valence-electron chi connectivity index (χ4n) is 2.98. The molecule has 26 heavy (non-hydrogen) atoms. The lowest BCUT2D eigenvalue weighted by Crippen LogP contribution is -2.25. The molecule has 0 spiro atoms. The lowest BCUT2D eigenvalue weighted by Gasteiger charge is -2.12. The van der Waals surface area contributed by atoms with Crippen LogP contribution in [-0.2, 0) is 6.54 Å². The smallest absolute Gasteiger partial charge is 0.281 e. The van der Waals surface area contributed by atoms with Gasteiger partial charge in [0.2, 0.25) is 5.62 Å². The zero-order valence-corrected chi connectivity index (χ0v) is 14.4. The summed E-state index contributed by atoms with van der Waals surface area (Å²) >= 11 is 0. The monoisotopic (exact) mass is 351 g/mol. The fourth-order valence-corrected chi connectivity index (χ4v) is 2.98. The van der Waals surface area contributed by atoms with Gasteiger partial charge in [-0.3, -0.25) is 14.3 Å². The first-order valence-electron chi connectivity index (χ1n) is 8.11. The number of nitrogens with zero attached hydrogens (tertiary/aromatic N) is 4. The Balaban J connectivity index is 1.97. The molecule has 2 aromatic heterocycles. The Kier molecular flexibility index (Phi) is 4.00. The van der Waals surface area contributed by atoms with Gasteiger partial charge in [-0.25, -0.2) is 4.98 Å². The van der Waals surface area contributed by atoms with Crippen LogP contribution in [0.5, 0.6) is 11.5 Å². The number of ether oxygens (including phenoxy) is 2. The summed E-state index contributed by atoms with van der Waals surface area (Å²) in [5, 5.41) is 4.18. The molecule has 0 radical (unpaired) electrons. The number of anilines is 1. The summed E-state index contributed by atoms with van der Waals surface area (Å²) in [7, 11) is 3.17. The molecule has 0 saturated carbocycles. The molecule has 3 heterocycles. The van der Waals surface area contributed by atoms with Gasteiger partial charge in [0.15, 0.2) is 0 Å². The first-order valence-corrected chi connectivity index (χ1v) is 8.11. The molecule has 0 bridgehead atoms. The van der Waals surface area contributed by atoms with E-state index < -0.39 is 0 Å². The van der Waals surface area contributed by atoms with Gasteiger partial charge in [-0.2, -0.15) is 4.99 Å². The molecule has 132 valence electrons. The largest absolute Gasteiger partial charge is 0.497 e. The minimum atomic E-state index is -0.390. The van der Waals surface area contributed by atoms with Crippen molar-refractivity contribution in [1.82, 2.24) is 14.5 Å². The van der Waals surface area contributed by atoms with E-state index in [1.165, 1.54) is 6.20 Å². The van der Waals surface area contributed by atoms with Crippen molar-refractivity contribution in [3.05, 3.63) is 47.8 Å². The average Bonchev–Trinajstić information content (AvgIpc) is 3.18. The Bertz CT molecular complexity index is 1060. The van der Waals surface area contributed by atoms with Crippen LogP contribution in [0.25, 0.3) is 10.9 Å². The fraction of sp³-hybridized carbons (Fsp3) is 0.222. The topological polar surface area (TPSA) is 90.6 Å². The summed E-state index contributed by atoms with van der Waals surface area (Å²) in [6, 6.07) is 7.02. The Morgan fingerprint density at radius 2 is 2.19 bits per heavy atom.